The third-order valence-corrected chi connectivity index (χ3v) is 10.0. The standard InChI is InChI=1S/C49H33N5/c1-6-20-34(21-7-1)43-39-30-16-18-32-41(39)53(38-28-14-5-15-29-38)45(43)46-44(35-22-8-2-9-23-35)40-31-17-19-33-42(40)54(46)49-51-47(36-24-10-3-11-25-36)50-48(52-49)37-26-12-4-13-27-37/h1-33H. The maximum atomic E-state index is 5.33. The largest absolute Gasteiger partial charge is 0.307 e. The van der Waals surface area contributed by atoms with Gasteiger partial charge in [-0.2, -0.15) is 9.97 Å². The van der Waals surface area contributed by atoms with Crippen molar-refractivity contribution >= 4 is 21.8 Å². The molecule has 0 bridgehead atoms. The summed E-state index contributed by atoms with van der Waals surface area (Å²) in [4.78, 5) is 15.7. The topological polar surface area (TPSA) is 48.5 Å². The Kier molecular flexibility index (Phi) is 7.73. The quantitative estimate of drug-likeness (QED) is 0.167. The molecule has 7 aromatic carbocycles. The normalized spacial score (nSPS) is 11.3. The second-order valence-corrected chi connectivity index (χ2v) is 13.2. The third-order valence-electron chi connectivity index (χ3n) is 10.0. The summed E-state index contributed by atoms with van der Waals surface area (Å²) in [7, 11) is 0. The van der Waals surface area contributed by atoms with E-state index in [4.69, 9.17) is 15.0 Å². The summed E-state index contributed by atoms with van der Waals surface area (Å²) < 4.78 is 4.67. The predicted molar refractivity (Wildman–Crippen MR) is 221 cm³/mol. The lowest BCUT2D eigenvalue weighted by molar-refractivity contribution is 0.931. The maximum absolute atomic E-state index is 5.33. The molecule has 0 atom stereocenters. The first kappa shape index (κ1) is 31.4. The summed E-state index contributed by atoms with van der Waals surface area (Å²) in [6.07, 6.45) is 0. The summed E-state index contributed by atoms with van der Waals surface area (Å²) in [5.41, 5.74) is 11.5. The van der Waals surface area contributed by atoms with Gasteiger partial charge in [-0.05, 0) is 35.4 Å². The van der Waals surface area contributed by atoms with E-state index in [2.05, 4.69) is 173 Å². The second-order valence-electron chi connectivity index (χ2n) is 13.2. The van der Waals surface area contributed by atoms with Crippen molar-refractivity contribution in [2.45, 2.75) is 0 Å². The van der Waals surface area contributed by atoms with Gasteiger partial charge in [-0.25, -0.2) is 4.98 Å². The van der Waals surface area contributed by atoms with Crippen LogP contribution in [0.15, 0.2) is 200 Å². The van der Waals surface area contributed by atoms with Crippen LogP contribution < -0.4 is 0 Å². The molecule has 0 spiro atoms. The molecule has 0 fully saturated rings. The van der Waals surface area contributed by atoms with Gasteiger partial charge in [0.2, 0.25) is 5.95 Å². The number of aromatic nitrogens is 5. The van der Waals surface area contributed by atoms with Crippen LogP contribution in [0.5, 0.6) is 0 Å². The smallest absolute Gasteiger partial charge is 0.238 e. The monoisotopic (exact) mass is 691 g/mol. The van der Waals surface area contributed by atoms with Gasteiger partial charge in [0.15, 0.2) is 11.6 Å². The van der Waals surface area contributed by atoms with Crippen molar-refractivity contribution in [2.75, 3.05) is 0 Å². The van der Waals surface area contributed by atoms with Crippen LogP contribution in [-0.4, -0.2) is 24.1 Å². The Hall–Kier alpha value is -7.37. The molecular weight excluding hydrogens is 659 g/mol. The van der Waals surface area contributed by atoms with Crippen LogP contribution in [0.1, 0.15) is 0 Å². The van der Waals surface area contributed by atoms with Crippen molar-refractivity contribution in [3.05, 3.63) is 200 Å². The Morgan fingerprint density at radius 1 is 0.296 bits per heavy atom. The van der Waals surface area contributed by atoms with Gasteiger partial charge < -0.3 is 4.57 Å². The number of nitrogens with zero attached hydrogens (tertiary/aromatic N) is 5. The molecule has 0 radical (unpaired) electrons. The fourth-order valence-electron chi connectivity index (χ4n) is 7.67. The van der Waals surface area contributed by atoms with Gasteiger partial charge in [0, 0.05) is 38.7 Å². The molecule has 0 aliphatic heterocycles. The van der Waals surface area contributed by atoms with Crippen molar-refractivity contribution in [1.29, 1.82) is 0 Å². The lowest BCUT2D eigenvalue weighted by Crippen LogP contribution is -2.09. The van der Waals surface area contributed by atoms with Crippen LogP contribution in [0.25, 0.3) is 89.9 Å². The van der Waals surface area contributed by atoms with Crippen LogP contribution in [0.3, 0.4) is 0 Å². The van der Waals surface area contributed by atoms with Crippen LogP contribution in [0.4, 0.5) is 0 Å². The number of benzene rings is 7. The molecule has 0 amide bonds. The lowest BCUT2D eigenvalue weighted by Gasteiger charge is -2.18. The van der Waals surface area contributed by atoms with Gasteiger partial charge in [-0.1, -0.05) is 176 Å². The summed E-state index contributed by atoms with van der Waals surface area (Å²) >= 11 is 0. The molecule has 0 saturated heterocycles. The van der Waals surface area contributed by atoms with E-state index in [1.807, 2.05) is 36.4 Å². The highest BCUT2D eigenvalue weighted by atomic mass is 15.2. The number of hydrogen-bond acceptors (Lipinski definition) is 3. The molecule has 54 heavy (non-hydrogen) atoms. The molecular formula is C49H33N5. The molecule has 10 rings (SSSR count). The van der Waals surface area contributed by atoms with Gasteiger partial charge in [0.1, 0.15) is 0 Å². The van der Waals surface area contributed by atoms with E-state index in [0.717, 1.165) is 72.3 Å². The van der Waals surface area contributed by atoms with Crippen LogP contribution >= 0.6 is 0 Å². The van der Waals surface area contributed by atoms with E-state index >= 15 is 0 Å². The molecule has 0 unspecified atom stereocenters. The van der Waals surface area contributed by atoms with Gasteiger partial charge in [0.25, 0.3) is 0 Å². The molecule has 3 aromatic heterocycles. The first-order valence-corrected chi connectivity index (χ1v) is 18.1. The first-order chi connectivity index (χ1) is 26.8. The average molecular weight is 692 g/mol. The zero-order valence-electron chi connectivity index (χ0n) is 29.3. The van der Waals surface area contributed by atoms with E-state index in [1.54, 1.807) is 0 Å². The molecule has 254 valence electrons. The van der Waals surface area contributed by atoms with E-state index in [0.29, 0.717) is 17.6 Å². The fourth-order valence-corrected chi connectivity index (χ4v) is 7.67. The zero-order chi connectivity index (χ0) is 35.8. The maximum Gasteiger partial charge on any atom is 0.238 e. The highest BCUT2D eigenvalue weighted by Crippen LogP contribution is 2.49. The Labute approximate surface area is 313 Å². The fraction of sp³-hybridized carbons (Fsp3) is 0. The van der Waals surface area contributed by atoms with Crippen molar-refractivity contribution in [2.24, 2.45) is 0 Å². The minimum absolute atomic E-state index is 0.542. The summed E-state index contributed by atoms with van der Waals surface area (Å²) in [6, 6.07) is 69.7. The van der Waals surface area contributed by atoms with E-state index < -0.39 is 0 Å². The minimum Gasteiger partial charge on any atom is -0.307 e. The predicted octanol–water partition coefficient (Wildman–Crippen LogP) is 12.1. The Morgan fingerprint density at radius 2 is 0.648 bits per heavy atom. The van der Waals surface area contributed by atoms with E-state index in [9.17, 15) is 0 Å². The summed E-state index contributed by atoms with van der Waals surface area (Å²) in [5, 5.41) is 2.26. The average Bonchev–Trinajstić information content (AvgIpc) is 3.78. The third kappa shape index (κ3) is 5.30. The van der Waals surface area contributed by atoms with Gasteiger partial charge in [0.05, 0.1) is 22.4 Å². The second kappa shape index (κ2) is 13.3. The van der Waals surface area contributed by atoms with Crippen molar-refractivity contribution < 1.29 is 0 Å². The van der Waals surface area contributed by atoms with Crippen molar-refractivity contribution in [1.82, 2.24) is 24.1 Å². The SMILES string of the molecule is c1ccc(-c2nc(-c3ccccc3)nc(-n3c(-c4c(-c5ccccc5)c5ccccc5n4-c4ccccc4)c(-c4ccccc4)c4ccccc43)n2)cc1. The van der Waals surface area contributed by atoms with E-state index in [-0.39, 0.29) is 0 Å². The van der Waals surface area contributed by atoms with Crippen molar-refractivity contribution in [3.63, 3.8) is 0 Å². The zero-order valence-corrected chi connectivity index (χ0v) is 29.3. The molecule has 5 nitrogen and oxygen atoms in total. The number of rotatable bonds is 7. The Bertz CT molecular complexity index is 2760. The Morgan fingerprint density at radius 3 is 1.11 bits per heavy atom. The number of para-hydroxylation sites is 3. The van der Waals surface area contributed by atoms with Crippen LogP contribution in [0.2, 0.25) is 0 Å². The van der Waals surface area contributed by atoms with Gasteiger partial charge in [-0.3, -0.25) is 4.57 Å². The molecule has 3 heterocycles. The number of hydrogen-bond donors (Lipinski definition) is 0. The summed E-state index contributed by atoms with van der Waals surface area (Å²) in [5.74, 6) is 1.76. The molecule has 5 heteroatoms. The van der Waals surface area contributed by atoms with Crippen LogP contribution in [0, 0.1) is 0 Å². The van der Waals surface area contributed by atoms with Crippen LogP contribution in [-0.2, 0) is 0 Å². The van der Waals surface area contributed by atoms with E-state index in [1.165, 1.54) is 0 Å². The molecule has 0 aliphatic rings. The molecule has 0 N–H and O–H groups in total. The molecule has 0 aliphatic carbocycles. The first-order valence-electron chi connectivity index (χ1n) is 18.1. The number of fused-ring (bicyclic) bond motifs is 2. The molecule has 10 aromatic rings. The van der Waals surface area contributed by atoms with Gasteiger partial charge in [-0.15, -0.1) is 0 Å². The Balaban J connectivity index is 1.43. The van der Waals surface area contributed by atoms with Crippen molar-refractivity contribution in [3.8, 4) is 68.1 Å². The minimum atomic E-state index is 0.542. The summed E-state index contributed by atoms with van der Waals surface area (Å²) in [6.45, 7) is 0. The highest BCUT2D eigenvalue weighted by Gasteiger charge is 2.30. The lowest BCUT2D eigenvalue weighted by atomic mass is 9.95. The highest BCUT2D eigenvalue weighted by molar-refractivity contribution is 6.12. The molecule has 0 saturated carbocycles. The van der Waals surface area contributed by atoms with Gasteiger partial charge >= 0.3 is 0 Å².